The van der Waals surface area contributed by atoms with Crippen LogP contribution in [-0.2, 0) is 16.6 Å². The van der Waals surface area contributed by atoms with Gasteiger partial charge < -0.3 is 10.1 Å². The molecule has 0 saturated heterocycles. The monoisotopic (exact) mass is 353 g/mol. The molecule has 0 fully saturated rings. The molecule has 8 heteroatoms. The van der Waals surface area contributed by atoms with E-state index in [-0.39, 0.29) is 0 Å². The number of rotatable bonds is 4. The molecule has 0 aliphatic heterocycles. The number of amides is 1. The first-order valence-corrected chi connectivity index (χ1v) is 8.09. The van der Waals surface area contributed by atoms with Gasteiger partial charge in [0.2, 0.25) is 0 Å². The number of nitrogens with one attached hydrogen (secondary N) is 1. The lowest BCUT2D eigenvalue weighted by atomic mass is 10.2. The molecular weight excluding hydrogens is 334 g/mol. The normalized spacial score (nSPS) is 12.0. The van der Waals surface area contributed by atoms with Crippen LogP contribution in [0.4, 0.5) is 5.69 Å². The lowest BCUT2D eigenvalue weighted by Crippen LogP contribution is -2.30. The van der Waals surface area contributed by atoms with Crippen molar-refractivity contribution in [2.75, 3.05) is 5.32 Å². The molecule has 2 heterocycles. The first-order chi connectivity index (χ1) is 12.4. The molecule has 0 bridgehead atoms. The molecule has 1 N–H and O–H groups in total. The van der Waals surface area contributed by atoms with Crippen molar-refractivity contribution in [3.05, 3.63) is 47.5 Å². The molecule has 3 rings (SSSR count). The van der Waals surface area contributed by atoms with Crippen molar-refractivity contribution in [3.8, 4) is 0 Å². The Hall–Kier alpha value is -3.29. The summed E-state index contributed by atoms with van der Waals surface area (Å²) in [7, 11) is 1.80. The van der Waals surface area contributed by atoms with Crippen LogP contribution in [0.1, 0.15) is 28.7 Å². The summed E-state index contributed by atoms with van der Waals surface area (Å²) in [5.74, 6) is -1.02. The molecule has 2 aromatic heterocycles. The van der Waals surface area contributed by atoms with E-state index in [1.54, 1.807) is 49.2 Å². The molecule has 3 aromatic rings. The molecule has 1 atom stereocenters. The van der Waals surface area contributed by atoms with Gasteiger partial charge in [-0.3, -0.25) is 19.4 Å². The predicted molar refractivity (Wildman–Crippen MR) is 95.7 cm³/mol. The Morgan fingerprint density at radius 2 is 1.85 bits per heavy atom. The fourth-order valence-electron chi connectivity index (χ4n) is 2.55. The third-order valence-corrected chi connectivity index (χ3v) is 4.12. The molecule has 0 spiro atoms. The molecule has 1 amide bonds. The Kier molecular flexibility index (Phi) is 4.66. The first-order valence-electron chi connectivity index (χ1n) is 8.09. The average Bonchev–Trinajstić information content (AvgIpc) is 2.87. The van der Waals surface area contributed by atoms with Gasteiger partial charge in [0, 0.05) is 19.4 Å². The Morgan fingerprint density at radius 3 is 2.50 bits per heavy atom. The summed E-state index contributed by atoms with van der Waals surface area (Å²) in [5, 5.41) is 7.01. The van der Waals surface area contributed by atoms with Crippen LogP contribution in [0.2, 0.25) is 0 Å². The lowest BCUT2D eigenvalue weighted by Gasteiger charge is -2.14. The largest absolute Gasteiger partial charge is 0.449 e. The summed E-state index contributed by atoms with van der Waals surface area (Å²) >= 11 is 0. The number of aromatic nitrogens is 4. The van der Waals surface area contributed by atoms with Crippen molar-refractivity contribution in [3.63, 3.8) is 0 Å². The second kappa shape index (κ2) is 6.91. The van der Waals surface area contributed by atoms with Crippen LogP contribution in [0.3, 0.4) is 0 Å². The van der Waals surface area contributed by atoms with Crippen LogP contribution < -0.4 is 5.32 Å². The Balaban J connectivity index is 1.70. The molecule has 1 aromatic carbocycles. The number of hydrogen-bond acceptors (Lipinski definition) is 6. The number of ether oxygens (including phenoxy) is 1. The number of benzene rings is 1. The van der Waals surface area contributed by atoms with Gasteiger partial charge in [-0.1, -0.05) is 0 Å². The van der Waals surface area contributed by atoms with Gasteiger partial charge in [0.1, 0.15) is 0 Å². The van der Waals surface area contributed by atoms with E-state index in [1.165, 1.54) is 6.92 Å². The van der Waals surface area contributed by atoms with E-state index in [9.17, 15) is 9.59 Å². The van der Waals surface area contributed by atoms with Gasteiger partial charge in [0.15, 0.2) is 6.10 Å². The molecule has 0 aliphatic rings. The summed E-state index contributed by atoms with van der Waals surface area (Å²) in [6.45, 7) is 5.17. The molecule has 8 nitrogen and oxygen atoms in total. The van der Waals surface area contributed by atoms with E-state index >= 15 is 0 Å². The maximum atomic E-state index is 12.4. The SMILES string of the molecule is Cc1nn(C)c(C)c1NC(=O)[C@@H](C)OC(=O)c1ccc2nccnc2c1. The third kappa shape index (κ3) is 3.39. The summed E-state index contributed by atoms with van der Waals surface area (Å²) in [4.78, 5) is 33.0. The predicted octanol–water partition coefficient (Wildman–Crippen LogP) is 2.16. The number of anilines is 1. The fourth-order valence-corrected chi connectivity index (χ4v) is 2.55. The van der Waals surface area contributed by atoms with Crippen LogP contribution in [0, 0.1) is 13.8 Å². The molecule has 0 radical (unpaired) electrons. The number of hydrogen-bond donors (Lipinski definition) is 1. The molecule has 0 saturated carbocycles. The quantitative estimate of drug-likeness (QED) is 0.722. The van der Waals surface area contributed by atoms with E-state index in [0.29, 0.717) is 28.0 Å². The summed E-state index contributed by atoms with van der Waals surface area (Å²) in [5.41, 5.74) is 3.72. The van der Waals surface area contributed by atoms with Gasteiger partial charge in [0.05, 0.1) is 33.7 Å². The number of carbonyl (C=O) groups excluding carboxylic acids is 2. The zero-order chi connectivity index (χ0) is 18.8. The molecular formula is C18H19N5O3. The first kappa shape index (κ1) is 17.5. The van der Waals surface area contributed by atoms with Crippen LogP contribution in [-0.4, -0.2) is 37.7 Å². The van der Waals surface area contributed by atoms with Crippen molar-refractivity contribution < 1.29 is 14.3 Å². The molecule has 26 heavy (non-hydrogen) atoms. The smallest absolute Gasteiger partial charge is 0.338 e. The van der Waals surface area contributed by atoms with E-state index in [1.807, 2.05) is 6.92 Å². The molecule has 134 valence electrons. The van der Waals surface area contributed by atoms with E-state index in [2.05, 4.69) is 20.4 Å². The van der Waals surface area contributed by atoms with Crippen molar-refractivity contribution >= 4 is 28.6 Å². The van der Waals surface area contributed by atoms with Gasteiger partial charge in [-0.25, -0.2) is 4.79 Å². The highest BCUT2D eigenvalue weighted by atomic mass is 16.5. The minimum absolute atomic E-state index is 0.311. The standard InChI is InChI=1S/C18H19N5O3/c1-10-16(11(2)23(4)22-10)21-17(24)12(3)26-18(25)13-5-6-14-15(9-13)20-8-7-19-14/h5-9,12H,1-4H3,(H,21,24)/t12-/m1/s1. The highest BCUT2D eigenvalue weighted by molar-refractivity contribution is 5.99. The Morgan fingerprint density at radius 1 is 1.15 bits per heavy atom. The van der Waals surface area contributed by atoms with Gasteiger partial charge in [-0.05, 0) is 39.0 Å². The zero-order valence-corrected chi connectivity index (χ0v) is 15.0. The van der Waals surface area contributed by atoms with Crippen molar-refractivity contribution in [2.45, 2.75) is 26.9 Å². The highest BCUT2D eigenvalue weighted by Crippen LogP contribution is 2.19. The number of carbonyl (C=O) groups is 2. The topological polar surface area (TPSA) is 99.0 Å². The Bertz CT molecular complexity index is 996. The van der Waals surface area contributed by atoms with Crippen molar-refractivity contribution in [1.82, 2.24) is 19.7 Å². The third-order valence-electron chi connectivity index (χ3n) is 4.12. The highest BCUT2D eigenvalue weighted by Gasteiger charge is 2.21. The molecule has 0 unspecified atom stereocenters. The number of nitrogens with zero attached hydrogens (tertiary/aromatic N) is 4. The van der Waals surface area contributed by atoms with Crippen LogP contribution in [0.15, 0.2) is 30.6 Å². The van der Waals surface area contributed by atoms with Crippen LogP contribution in [0.25, 0.3) is 11.0 Å². The maximum absolute atomic E-state index is 12.4. The zero-order valence-electron chi connectivity index (χ0n) is 15.0. The second-order valence-electron chi connectivity index (χ2n) is 5.97. The second-order valence-corrected chi connectivity index (χ2v) is 5.97. The minimum Gasteiger partial charge on any atom is -0.449 e. The number of esters is 1. The van der Waals surface area contributed by atoms with E-state index in [0.717, 1.165) is 5.69 Å². The van der Waals surface area contributed by atoms with Crippen LogP contribution >= 0.6 is 0 Å². The summed E-state index contributed by atoms with van der Waals surface area (Å²) in [6.07, 6.45) is 2.17. The fraction of sp³-hybridized carbons (Fsp3) is 0.278. The maximum Gasteiger partial charge on any atom is 0.338 e. The number of fused-ring (bicyclic) bond motifs is 1. The van der Waals surface area contributed by atoms with E-state index in [4.69, 9.17) is 4.74 Å². The van der Waals surface area contributed by atoms with E-state index < -0.39 is 18.0 Å². The number of aryl methyl sites for hydroxylation is 2. The molecule has 0 aliphatic carbocycles. The van der Waals surface area contributed by atoms with Gasteiger partial charge in [-0.15, -0.1) is 0 Å². The van der Waals surface area contributed by atoms with Crippen molar-refractivity contribution in [2.24, 2.45) is 7.05 Å². The average molecular weight is 353 g/mol. The lowest BCUT2D eigenvalue weighted by molar-refractivity contribution is -0.123. The van der Waals surface area contributed by atoms with Crippen molar-refractivity contribution in [1.29, 1.82) is 0 Å². The minimum atomic E-state index is -0.959. The van der Waals surface area contributed by atoms with Gasteiger partial charge in [-0.2, -0.15) is 5.10 Å². The van der Waals surface area contributed by atoms with Gasteiger partial charge >= 0.3 is 5.97 Å². The summed E-state index contributed by atoms with van der Waals surface area (Å²) < 4.78 is 6.96. The Labute approximate surface area is 150 Å². The summed E-state index contributed by atoms with van der Waals surface area (Å²) in [6, 6.07) is 4.87. The van der Waals surface area contributed by atoms with Gasteiger partial charge in [0.25, 0.3) is 5.91 Å². The van der Waals surface area contributed by atoms with Crippen LogP contribution in [0.5, 0.6) is 0 Å².